The minimum atomic E-state index is -1.84. The number of piperidine rings is 1. The number of anilines is 1. The van der Waals surface area contributed by atoms with Crippen molar-refractivity contribution in [1.29, 1.82) is 0 Å². The van der Waals surface area contributed by atoms with E-state index < -0.39 is 42.6 Å². The maximum atomic E-state index is 13.3. The van der Waals surface area contributed by atoms with Gasteiger partial charge in [-0.15, -0.1) is 11.3 Å². The number of rotatable bonds is 9. The van der Waals surface area contributed by atoms with Gasteiger partial charge in [-0.2, -0.15) is 0 Å². The predicted molar refractivity (Wildman–Crippen MR) is 170 cm³/mol. The Bertz CT molecular complexity index is 1580. The number of carbonyl (C=O) groups is 3. The minimum absolute atomic E-state index is 0.126. The molecule has 5 rings (SSSR count). The highest BCUT2D eigenvalue weighted by molar-refractivity contribution is 7.17. The van der Waals surface area contributed by atoms with Crippen LogP contribution in [0.25, 0.3) is 10.6 Å². The fourth-order valence-corrected chi connectivity index (χ4v) is 6.37. The Morgan fingerprint density at radius 2 is 1.91 bits per heavy atom. The fraction of sp³-hybridized carbons (Fsp3) is 0.375. The first-order chi connectivity index (χ1) is 22.0. The van der Waals surface area contributed by atoms with Crippen molar-refractivity contribution in [3.63, 3.8) is 0 Å². The van der Waals surface area contributed by atoms with Gasteiger partial charge in [-0.3, -0.25) is 4.79 Å². The maximum Gasteiger partial charge on any atom is 0.340 e. The number of amides is 1. The average molecular weight is 672 g/mol. The van der Waals surface area contributed by atoms with Gasteiger partial charge in [0.1, 0.15) is 34.8 Å². The lowest BCUT2D eigenvalue weighted by molar-refractivity contribution is -0.279. The highest BCUT2D eigenvalue weighted by Crippen LogP contribution is 2.30. The van der Waals surface area contributed by atoms with E-state index in [0.29, 0.717) is 34.4 Å². The summed E-state index contributed by atoms with van der Waals surface area (Å²) in [6.45, 7) is 6.25. The number of benzene rings is 2. The van der Waals surface area contributed by atoms with E-state index in [0.717, 1.165) is 23.4 Å². The third-order valence-corrected chi connectivity index (χ3v) is 9.12. The number of halogens is 1. The van der Waals surface area contributed by atoms with Gasteiger partial charge >= 0.3 is 11.9 Å². The van der Waals surface area contributed by atoms with Crippen LogP contribution in [0.4, 0.5) is 5.69 Å². The van der Waals surface area contributed by atoms with Crippen LogP contribution in [0, 0.1) is 6.92 Å². The second-order valence-electron chi connectivity index (χ2n) is 11.0. The lowest BCUT2D eigenvalue weighted by Crippen LogP contribution is -2.60. The van der Waals surface area contributed by atoms with Crippen LogP contribution < -0.4 is 10.2 Å². The van der Waals surface area contributed by atoms with Crippen molar-refractivity contribution in [2.75, 3.05) is 24.6 Å². The van der Waals surface area contributed by atoms with E-state index in [1.54, 1.807) is 31.2 Å². The molecule has 6 atom stereocenters. The zero-order chi connectivity index (χ0) is 33.0. The van der Waals surface area contributed by atoms with E-state index in [4.69, 9.17) is 25.8 Å². The van der Waals surface area contributed by atoms with Gasteiger partial charge in [0.05, 0.1) is 11.3 Å². The molecule has 1 amide bonds. The molecule has 14 heteroatoms. The van der Waals surface area contributed by atoms with Gasteiger partial charge in [-0.05, 0) is 50.1 Å². The molecule has 0 aliphatic carbocycles. The molecule has 4 N–H and O–H groups in total. The summed E-state index contributed by atoms with van der Waals surface area (Å²) in [5, 5.41) is 35.3. The Hall–Kier alpha value is -3.85. The van der Waals surface area contributed by atoms with Crippen molar-refractivity contribution in [2.45, 2.75) is 56.5 Å². The molecule has 2 aromatic carbocycles. The molecule has 0 spiro atoms. The van der Waals surface area contributed by atoms with E-state index in [1.807, 2.05) is 23.1 Å². The molecule has 0 saturated carbocycles. The molecule has 1 aromatic heterocycles. The van der Waals surface area contributed by atoms with Crippen LogP contribution in [0.2, 0.25) is 5.02 Å². The number of nitrogens with one attached hydrogen (secondary N) is 1. The van der Waals surface area contributed by atoms with Gasteiger partial charge < -0.3 is 39.7 Å². The highest BCUT2D eigenvalue weighted by Gasteiger charge is 2.49. The van der Waals surface area contributed by atoms with Crippen molar-refractivity contribution in [2.24, 2.45) is 0 Å². The Morgan fingerprint density at radius 3 is 2.65 bits per heavy atom. The molecule has 0 unspecified atom stereocenters. The first kappa shape index (κ1) is 33.5. The number of esters is 2. The number of thiazole rings is 1. The second kappa shape index (κ2) is 14.7. The summed E-state index contributed by atoms with van der Waals surface area (Å²) in [5.74, 6) is -2.10. The monoisotopic (exact) mass is 671 g/mol. The number of hydrogen-bond donors (Lipinski definition) is 4. The second-order valence-corrected chi connectivity index (χ2v) is 12.4. The van der Waals surface area contributed by atoms with Crippen LogP contribution in [0.5, 0.6) is 0 Å². The molecule has 2 aliphatic rings. The highest BCUT2D eigenvalue weighted by atomic mass is 35.5. The third-order valence-electron chi connectivity index (χ3n) is 7.67. The Morgan fingerprint density at radius 1 is 1.15 bits per heavy atom. The van der Waals surface area contributed by atoms with Gasteiger partial charge in [0.2, 0.25) is 6.29 Å². The molecule has 0 bridgehead atoms. The largest absolute Gasteiger partial charge is 0.459 e. The molecule has 3 heterocycles. The van der Waals surface area contributed by atoms with Gasteiger partial charge in [0.25, 0.3) is 5.91 Å². The first-order valence-corrected chi connectivity index (χ1v) is 15.8. The Balaban J connectivity index is 1.22. The fourth-order valence-electron chi connectivity index (χ4n) is 5.27. The van der Waals surface area contributed by atoms with Crippen molar-refractivity contribution >= 4 is 46.5 Å². The Kier molecular flexibility index (Phi) is 10.7. The zero-order valence-corrected chi connectivity index (χ0v) is 26.4. The Labute approximate surface area is 274 Å². The number of aryl methyl sites for hydroxylation is 1. The topological polar surface area (TPSA) is 168 Å². The number of aliphatic hydroxyl groups is 3. The quantitative estimate of drug-likeness (QED) is 0.195. The van der Waals surface area contributed by atoms with E-state index in [1.165, 1.54) is 23.5 Å². The smallest absolute Gasteiger partial charge is 0.340 e. The number of hydrogen-bond acceptors (Lipinski definition) is 12. The third kappa shape index (κ3) is 7.57. The standard InChI is InChI=1S/C32H34ClN3O9S/c1-3-14-43-31(42)26-24(38)23(37)25(39)32(44-26)45-30(41)19-6-4-8-22(15-19)36-13-5-7-21(16-36)35-28(40)27-17(2)34-29(46-27)18-9-11-20(33)12-10-18/h3-4,6,8-12,15,21,23-26,32,37-39H,1,5,7,13-14,16H2,2H3,(H,35,40)/t21-,23-,24-,25+,26-,32-/m0/s1. The summed E-state index contributed by atoms with van der Waals surface area (Å²) in [7, 11) is 0. The van der Waals surface area contributed by atoms with Crippen molar-refractivity contribution in [3.8, 4) is 10.6 Å². The molecule has 3 aromatic rings. The normalized spacial score (nSPS) is 24.6. The molecule has 12 nitrogen and oxygen atoms in total. The average Bonchev–Trinajstić information content (AvgIpc) is 3.45. The summed E-state index contributed by atoms with van der Waals surface area (Å²) in [6, 6.07) is 13.7. The SMILES string of the molecule is C=CCOC(=O)[C@H]1O[C@@H](OC(=O)c2cccc(N3CCC[C@H](NC(=O)c4sc(-c5ccc(Cl)cc5)nc4C)C3)c2)[C@H](O)[C@@H](O)[C@@H]1O. The van der Waals surface area contributed by atoms with Crippen LogP contribution in [0.15, 0.2) is 61.2 Å². The van der Waals surface area contributed by atoms with Crippen LogP contribution in [0.3, 0.4) is 0 Å². The molecule has 2 fully saturated rings. The van der Waals surface area contributed by atoms with Crippen LogP contribution in [-0.4, -0.2) is 94.6 Å². The number of aliphatic hydroxyl groups excluding tert-OH is 3. The molecule has 46 heavy (non-hydrogen) atoms. The van der Waals surface area contributed by atoms with Crippen LogP contribution in [-0.2, 0) is 19.0 Å². The van der Waals surface area contributed by atoms with Crippen LogP contribution >= 0.6 is 22.9 Å². The molecular weight excluding hydrogens is 638 g/mol. The minimum Gasteiger partial charge on any atom is -0.459 e. The number of ether oxygens (including phenoxy) is 3. The van der Waals surface area contributed by atoms with Crippen molar-refractivity contribution < 1.29 is 43.9 Å². The molecule has 2 saturated heterocycles. The van der Waals surface area contributed by atoms with E-state index in [-0.39, 0.29) is 24.1 Å². The van der Waals surface area contributed by atoms with Crippen molar-refractivity contribution in [3.05, 3.63) is 82.3 Å². The number of carbonyl (C=O) groups excluding carboxylic acids is 3. The van der Waals surface area contributed by atoms with Gasteiger partial charge in [-0.1, -0.05) is 42.5 Å². The summed E-state index contributed by atoms with van der Waals surface area (Å²) >= 11 is 7.32. The molecule has 244 valence electrons. The lowest BCUT2D eigenvalue weighted by atomic mass is 9.99. The van der Waals surface area contributed by atoms with Crippen molar-refractivity contribution in [1.82, 2.24) is 10.3 Å². The van der Waals surface area contributed by atoms with Gasteiger partial charge in [-0.25, -0.2) is 14.6 Å². The zero-order valence-electron chi connectivity index (χ0n) is 24.9. The molecule has 0 radical (unpaired) electrons. The molecule has 2 aliphatic heterocycles. The summed E-state index contributed by atoms with van der Waals surface area (Å²) in [4.78, 5) is 45.8. The predicted octanol–water partition coefficient (Wildman–Crippen LogP) is 2.86. The van der Waals surface area contributed by atoms with Gasteiger partial charge in [0, 0.05) is 35.4 Å². The van der Waals surface area contributed by atoms with E-state index >= 15 is 0 Å². The first-order valence-electron chi connectivity index (χ1n) is 14.6. The van der Waals surface area contributed by atoms with Gasteiger partial charge in [0.15, 0.2) is 6.10 Å². The number of aromatic nitrogens is 1. The van der Waals surface area contributed by atoms with Crippen LogP contribution in [0.1, 0.15) is 38.6 Å². The van der Waals surface area contributed by atoms with E-state index in [2.05, 4.69) is 16.9 Å². The molecular formula is C32H34ClN3O9S. The summed E-state index contributed by atoms with van der Waals surface area (Å²) in [5.41, 5.74) is 2.35. The summed E-state index contributed by atoms with van der Waals surface area (Å²) in [6.07, 6.45) is -6.03. The summed E-state index contributed by atoms with van der Waals surface area (Å²) < 4.78 is 15.5. The lowest BCUT2D eigenvalue weighted by Gasteiger charge is -2.38. The maximum absolute atomic E-state index is 13.3. The number of nitrogens with zero attached hydrogens (tertiary/aromatic N) is 2. The van der Waals surface area contributed by atoms with E-state index in [9.17, 15) is 29.7 Å².